The maximum absolute atomic E-state index is 12.7. The van der Waals surface area contributed by atoms with Crippen molar-refractivity contribution in [3.63, 3.8) is 0 Å². The van der Waals surface area contributed by atoms with Crippen LogP contribution in [0.1, 0.15) is 12.5 Å². The van der Waals surface area contributed by atoms with Gasteiger partial charge in [-0.2, -0.15) is 13.2 Å². The molecule has 0 saturated heterocycles. The van der Waals surface area contributed by atoms with Gasteiger partial charge in [0.1, 0.15) is 6.04 Å². The molecule has 5 N–H and O–H groups in total. The third-order valence-electron chi connectivity index (χ3n) is 2.15. The van der Waals surface area contributed by atoms with E-state index in [1.807, 2.05) is 0 Å². The quantitative estimate of drug-likeness (QED) is 0.709. The third kappa shape index (κ3) is 3.27. The molecule has 1 aromatic rings. The number of hydrogen-bond acceptors (Lipinski definition) is 3. The number of nitrogens with two attached hydrogens (primary N) is 2. The van der Waals surface area contributed by atoms with Gasteiger partial charge in [0.25, 0.3) is 0 Å². The zero-order valence-electron chi connectivity index (χ0n) is 9.01. The summed E-state index contributed by atoms with van der Waals surface area (Å²) in [7, 11) is 0. The average Bonchev–Trinajstić information content (AvgIpc) is 2.18. The molecule has 4 nitrogen and oxygen atoms in total. The van der Waals surface area contributed by atoms with Crippen molar-refractivity contribution < 1.29 is 18.0 Å². The lowest BCUT2D eigenvalue weighted by Crippen LogP contribution is -2.33. The number of primary amides is 1. The van der Waals surface area contributed by atoms with E-state index in [9.17, 15) is 18.0 Å². The molecule has 1 amide bonds. The summed E-state index contributed by atoms with van der Waals surface area (Å²) in [5.74, 6) is -0.741. The molecule has 1 aromatic carbocycles. The number of nitrogen functional groups attached to an aromatic ring is 1. The number of halogens is 3. The maximum Gasteiger partial charge on any atom is 0.418 e. The maximum atomic E-state index is 12.7. The second kappa shape index (κ2) is 4.52. The van der Waals surface area contributed by atoms with E-state index < -0.39 is 23.7 Å². The van der Waals surface area contributed by atoms with E-state index in [0.29, 0.717) is 0 Å². The number of hydrogen-bond donors (Lipinski definition) is 3. The van der Waals surface area contributed by atoms with Gasteiger partial charge >= 0.3 is 6.18 Å². The average molecular weight is 247 g/mol. The number of carbonyl (C=O) groups excluding carboxylic acids is 1. The Hall–Kier alpha value is -1.92. The molecular formula is C10H12F3N3O. The highest BCUT2D eigenvalue weighted by molar-refractivity contribution is 5.83. The standard InChI is InChI=1S/C10H12F3N3O/c1-5(9(15)17)16-8-3-2-6(14)4-7(8)10(11,12)13/h2-5,16H,14H2,1H3,(H2,15,17). The van der Waals surface area contributed by atoms with Gasteiger partial charge in [-0.25, -0.2) is 0 Å². The van der Waals surface area contributed by atoms with Gasteiger partial charge in [-0.3, -0.25) is 4.79 Å². The van der Waals surface area contributed by atoms with E-state index in [1.54, 1.807) is 0 Å². The second-order valence-corrected chi connectivity index (χ2v) is 3.57. The molecule has 0 aliphatic heterocycles. The Balaban J connectivity index is 3.11. The molecule has 94 valence electrons. The van der Waals surface area contributed by atoms with Crippen LogP contribution in [0, 0.1) is 0 Å². The van der Waals surface area contributed by atoms with Crippen molar-refractivity contribution >= 4 is 17.3 Å². The van der Waals surface area contributed by atoms with Crippen LogP contribution in [0.3, 0.4) is 0 Å². The number of carbonyl (C=O) groups is 1. The molecule has 1 atom stereocenters. The van der Waals surface area contributed by atoms with Crippen LogP contribution < -0.4 is 16.8 Å². The van der Waals surface area contributed by atoms with Crippen LogP contribution in [-0.4, -0.2) is 11.9 Å². The molecule has 0 aliphatic rings. The first-order chi connectivity index (χ1) is 7.71. The minimum absolute atomic E-state index is 0.00500. The summed E-state index contributed by atoms with van der Waals surface area (Å²) in [4.78, 5) is 10.8. The summed E-state index contributed by atoms with van der Waals surface area (Å²) in [6, 6.07) is 2.37. The third-order valence-corrected chi connectivity index (χ3v) is 2.15. The van der Waals surface area contributed by atoms with Crippen LogP contribution in [0.25, 0.3) is 0 Å². The SMILES string of the molecule is CC(Nc1ccc(N)cc1C(F)(F)F)C(N)=O. The molecule has 1 rings (SSSR count). The fraction of sp³-hybridized carbons (Fsp3) is 0.300. The largest absolute Gasteiger partial charge is 0.418 e. The highest BCUT2D eigenvalue weighted by Crippen LogP contribution is 2.36. The van der Waals surface area contributed by atoms with Crippen molar-refractivity contribution in [1.82, 2.24) is 0 Å². The highest BCUT2D eigenvalue weighted by atomic mass is 19.4. The zero-order valence-corrected chi connectivity index (χ0v) is 9.01. The van der Waals surface area contributed by atoms with Crippen LogP contribution >= 0.6 is 0 Å². The van der Waals surface area contributed by atoms with Crippen molar-refractivity contribution in [1.29, 1.82) is 0 Å². The molecule has 17 heavy (non-hydrogen) atoms. The van der Waals surface area contributed by atoms with Gasteiger partial charge in [0.2, 0.25) is 5.91 Å². The Labute approximate surface area is 95.8 Å². The van der Waals surface area contributed by atoms with E-state index in [-0.39, 0.29) is 11.4 Å². The molecule has 0 aromatic heterocycles. The second-order valence-electron chi connectivity index (χ2n) is 3.57. The highest BCUT2D eigenvalue weighted by Gasteiger charge is 2.34. The molecule has 0 saturated carbocycles. The Kier molecular flexibility index (Phi) is 3.50. The lowest BCUT2D eigenvalue weighted by Gasteiger charge is -2.17. The summed E-state index contributed by atoms with van der Waals surface area (Å²) in [6.07, 6.45) is -4.55. The van der Waals surface area contributed by atoms with Crippen molar-refractivity contribution in [3.05, 3.63) is 23.8 Å². The number of anilines is 2. The molecule has 0 heterocycles. The Morgan fingerprint density at radius 2 is 2.00 bits per heavy atom. The minimum atomic E-state index is -4.55. The Bertz CT molecular complexity index is 431. The molecule has 0 radical (unpaired) electrons. The van der Waals surface area contributed by atoms with Crippen molar-refractivity contribution in [2.24, 2.45) is 5.73 Å². The van der Waals surface area contributed by atoms with Crippen LogP contribution in [0.2, 0.25) is 0 Å². The first-order valence-corrected chi connectivity index (χ1v) is 4.74. The number of rotatable bonds is 3. The van der Waals surface area contributed by atoms with E-state index in [1.165, 1.54) is 13.0 Å². The molecule has 0 fully saturated rings. The molecule has 0 spiro atoms. The van der Waals surface area contributed by atoms with Crippen LogP contribution in [0.5, 0.6) is 0 Å². The lowest BCUT2D eigenvalue weighted by molar-refractivity contribution is -0.137. The Morgan fingerprint density at radius 3 is 2.47 bits per heavy atom. The molecular weight excluding hydrogens is 235 g/mol. The summed E-state index contributed by atoms with van der Waals surface area (Å²) in [5, 5.41) is 2.39. The number of amides is 1. The summed E-state index contributed by atoms with van der Waals surface area (Å²) in [5.41, 5.74) is 9.11. The molecule has 7 heteroatoms. The number of alkyl halides is 3. The van der Waals surface area contributed by atoms with Gasteiger partial charge in [0, 0.05) is 11.4 Å². The monoisotopic (exact) mass is 247 g/mol. The fourth-order valence-electron chi connectivity index (χ4n) is 1.23. The first kappa shape index (κ1) is 13.1. The topological polar surface area (TPSA) is 81.1 Å². The Morgan fingerprint density at radius 1 is 1.41 bits per heavy atom. The van der Waals surface area contributed by atoms with Crippen molar-refractivity contribution in [2.75, 3.05) is 11.1 Å². The minimum Gasteiger partial charge on any atom is -0.399 e. The summed E-state index contributed by atoms with van der Waals surface area (Å²) >= 11 is 0. The summed E-state index contributed by atoms with van der Waals surface area (Å²) < 4.78 is 38.0. The van der Waals surface area contributed by atoms with Gasteiger partial charge < -0.3 is 16.8 Å². The smallest absolute Gasteiger partial charge is 0.399 e. The molecule has 1 unspecified atom stereocenters. The predicted octanol–water partition coefficient (Wildman–Crippen LogP) is 1.57. The van der Waals surface area contributed by atoms with E-state index in [4.69, 9.17) is 11.5 Å². The van der Waals surface area contributed by atoms with E-state index >= 15 is 0 Å². The predicted molar refractivity (Wildman–Crippen MR) is 58.1 cm³/mol. The molecule has 0 aliphatic carbocycles. The van der Waals surface area contributed by atoms with Crippen LogP contribution in [-0.2, 0) is 11.0 Å². The first-order valence-electron chi connectivity index (χ1n) is 4.74. The molecule has 0 bridgehead atoms. The van der Waals surface area contributed by atoms with Crippen molar-refractivity contribution in [2.45, 2.75) is 19.1 Å². The van der Waals surface area contributed by atoms with E-state index in [0.717, 1.165) is 12.1 Å². The number of benzene rings is 1. The van der Waals surface area contributed by atoms with Crippen molar-refractivity contribution in [3.8, 4) is 0 Å². The van der Waals surface area contributed by atoms with Gasteiger partial charge in [0.05, 0.1) is 5.56 Å². The normalized spacial score (nSPS) is 13.2. The zero-order chi connectivity index (χ0) is 13.2. The fourth-order valence-corrected chi connectivity index (χ4v) is 1.23. The van der Waals surface area contributed by atoms with E-state index in [2.05, 4.69) is 5.32 Å². The number of nitrogens with one attached hydrogen (secondary N) is 1. The van der Waals surface area contributed by atoms with Gasteiger partial charge in [-0.1, -0.05) is 0 Å². The van der Waals surface area contributed by atoms with Crippen LogP contribution in [0.4, 0.5) is 24.5 Å². The van der Waals surface area contributed by atoms with Gasteiger partial charge in [-0.15, -0.1) is 0 Å². The summed E-state index contributed by atoms with van der Waals surface area (Å²) in [6.45, 7) is 1.37. The van der Waals surface area contributed by atoms with Crippen LogP contribution in [0.15, 0.2) is 18.2 Å². The lowest BCUT2D eigenvalue weighted by atomic mass is 10.1. The van der Waals surface area contributed by atoms with Gasteiger partial charge in [0.15, 0.2) is 0 Å². The van der Waals surface area contributed by atoms with Gasteiger partial charge in [-0.05, 0) is 25.1 Å².